The molecule has 0 nitrogen and oxygen atoms in total. The van der Waals surface area contributed by atoms with Gasteiger partial charge in [-0.25, -0.2) is 0 Å². The molecule has 0 aliphatic heterocycles. The average molecular weight is 151 g/mol. The fraction of sp³-hybridized carbons (Fsp3) is 0.333. The summed E-state index contributed by atoms with van der Waals surface area (Å²) in [6.07, 6.45) is 1.75. The summed E-state index contributed by atoms with van der Waals surface area (Å²) in [5.41, 5.74) is 2.45. The van der Waals surface area contributed by atoms with Crippen LogP contribution in [0.2, 0.25) is 0 Å². The third kappa shape index (κ3) is 3.11. The molecule has 0 saturated heterocycles. The molecule has 0 spiro atoms. The van der Waals surface area contributed by atoms with E-state index in [1.165, 1.54) is 5.54 Å². The highest BCUT2D eigenvalue weighted by atomic mass is 35.5. The predicted molar refractivity (Wildman–Crippen MR) is 39.2 cm³/mol. The molecule has 0 aliphatic rings. The second-order valence-corrected chi connectivity index (χ2v) is 2.33. The molecule has 0 aromatic rings. The van der Waals surface area contributed by atoms with Crippen molar-refractivity contribution in [1.29, 1.82) is 0 Å². The lowest BCUT2D eigenvalue weighted by atomic mass is 10.3. The first kappa shape index (κ1) is 8.06. The molecule has 0 radical (unpaired) electrons. The van der Waals surface area contributed by atoms with Crippen LogP contribution in [-0.2, 0) is 0 Å². The van der Waals surface area contributed by atoms with Crippen LogP contribution >= 0.6 is 23.2 Å². The van der Waals surface area contributed by atoms with Crippen molar-refractivity contribution in [2.24, 2.45) is 0 Å². The van der Waals surface area contributed by atoms with Gasteiger partial charge in [-0.1, -0.05) is 23.2 Å². The van der Waals surface area contributed by atoms with E-state index in [1.807, 2.05) is 13.8 Å². The molecule has 0 amide bonds. The quantitative estimate of drug-likeness (QED) is 0.504. The summed E-state index contributed by atoms with van der Waals surface area (Å²) >= 11 is 10.8. The van der Waals surface area contributed by atoms with Crippen molar-refractivity contribution in [1.82, 2.24) is 0 Å². The lowest BCUT2D eigenvalue weighted by molar-refractivity contribution is 1.45. The summed E-state index contributed by atoms with van der Waals surface area (Å²) in [6.45, 7) is 3.73. The van der Waals surface area contributed by atoms with E-state index in [0.717, 1.165) is 10.6 Å². The average Bonchev–Trinajstić information content (AvgIpc) is 1.67. The molecule has 0 rings (SSSR count). The van der Waals surface area contributed by atoms with Crippen LogP contribution in [0.25, 0.3) is 0 Å². The Bertz CT molecular complexity index is 118. The van der Waals surface area contributed by atoms with E-state index in [0.29, 0.717) is 0 Å². The van der Waals surface area contributed by atoms with Gasteiger partial charge in [-0.2, -0.15) is 0 Å². The number of halogens is 2. The summed E-state index contributed by atoms with van der Waals surface area (Å²) < 4.78 is 0. The van der Waals surface area contributed by atoms with E-state index >= 15 is 0 Å². The van der Waals surface area contributed by atoms with Crippen molar-refractivity contribution in [3.05, 3.63) is 22.2 Å². The van der Waals surface area contributed by atoms with E-state index < -0.39 is 0 Å². The van der Waals surface area contributed by atoms with Gasteiger partial charge >= 0.3 is 0 Å². The fourth-order valence-corrected chi connectivity index (χ4v) is 0.461. The van der Waals surface area contributed by atoms with Crippen molar-refractivity contribution in [2.45, 2.75) is 13.8 Å². The highest BCUT2D eigenvalue weighted by Gasteiger charge is 1.83. The molecule has 46 valence electrons. The van der Waals surface area contributed by atoms with Gasteiger partial charge in [-0.05, 0) is 25.5 Å². The molecule has 0 aliphatic carbocycles. The Hall–Kier alpha value is 0.0600. The van der Waals surface area contributed by atoms with E-state index in [9.17, 15) is 0 Å². The monoisotopic (exact) mass is 150 g/mol. The lowest BCUT2D eigenvalue weighted by Gasteiger charge is -1.88. The summed E-state index contributed by atoms with van der Waals surface area (Å²) in [5, 5.41) is 0.780. The molecule has 0 fully saturated rings. The Labute approximate surface area is 59.8 Å². The summed E-state index contributed by atoms with van der Waals surface area (Å²) in [5.74, 6) is 0. The lowest BCUT2D eigenvalue weighted by Crippen LogP contribution is -1.67. The van der Waals surface area contributed by atoms with Gasteiger partial charge in [0.1, 0.15) is 0 Å². The Morgan fingerprint density at radius 2 is 1.88 bits per heavy atom. The number of hydrogen-bond donors (Lipinski definition) is 0. The first-order valence-corrected chi connectivity index (χ1v) is 3.09. The SMILES string of the molecule is C/C(Cl)=C(C)\C=C\Cl. The molecule has 0 aromatic carbocycles. The third-order valence-electron chi connectivity index (χ3n) is 0.856. The van der Waals surface area contributed by atoms with E-state index in [2.05, 4.69) is 0 Å². The van der Waals surface area contributed by atoms with Crippen LogP contribution in [0, 0.1) is 0 Å². The number of hydrogen-bond acceptors (Lipinski definition) is 0. The van der Waals surface area contributed by atoms with Crippen LogP contribution < -0.4 is 0 Å². The van der Waals surface area contributed by atoms with Crippen molar-refractivity contribution in [3.63, 3.8) is 0 Å². The van der Waals surface area contributed by atoms with Gasteiger partial charge in [0.05, 0.1) is 0 Å². The highest BCUT2D eigenvalue weighted by Crippen LogP contribution is 2.08. The minimum atomic E-state index is 0.780. The predicted octanol–water partition coefficient (Wildman–Crippen LogP) is 3.27. The second-order valence-electron chi connectivity index (χ2n) is 1.51. The molecule has 0 atom stereocenters. The van der Waals surface area contributed by atoms with Crippen molar-refractivity contribution < 1.29 is 0 Å². The standard InChI is InChI=1S/C6H8Cl2/c1-5(3-4-7)6(2)8/h3-4H,1-2H3/b4-3+,6-5+. The molecule has 2 heteroatoms. The molecule has 0 N–H and O–H groups in total. The van der Waals surface area contributed by atoms with Crippen molar-refractivity contribution >= 4 is 23.2 Å². The zero-order chi connectivity index (χ0) is 6.57. The zero-order valence-electron chi connectivity index (χ0n) is 4.91. The van der Waals surface area contributed by atoms with Crippen LogP contribution in [0.15, 0.2) is 22.2 Å². The minimum Gasteiger partial charge on any atom is -0.0929 e. The number of allylic oxidation sites excluding steroid dienone is 3. The maximum Gasteiger partial charge on any atom is 0.0179 e. The molecule has 0 heterocycles. The van der Waals surface area contributed by atoms with E-state index in [4.69, 9.17) is 23.2 Å². The Balaban J connectivity index is 4.00. The van der Waals surface area contributed by atoms with Crippen molar-refractivity contribution in [2.75, 3.05) is 0 Å². The van der Waals surface area contributed by atoms with Gasteiger partial charge < -0.3 is 0 Å². The van der Waals surface area contributed by atoms with Crippen LogP contribution in [-0.4, -0.2) is 0 Å². The Morgan fingerprint density at radius 3 is 2.00 bits per heavy atom. The minimum absolute atomic E-state index is 0.780. The molecule has 0 unspecified atom stereocenters. The highest BCUT2D eigenvalue weighted by molar-refractivity contribution is 6.30. The first-order valence-electron chi connectivity index (χ1n) is 2.28. The smallest absolute Gasteiger partial charge is 0.0179 e. The largest absolute Gasteiger partial charge is 0.0929 e. The topological polar surface area (TPSA) is 0 Å². The van der Waals surface area contributed by atoms with Crippen LogP contribution in [0.5, 0.6) is 0 Å². The molecule has 0 saturated carbocycles. The maximum atomic E-state index is 5.58. The molecular weight excluding hydrogens is 143 g/mol. The zero-order valence-corrected chi connectivity index (χ0v) is 6.42. The van der Waals surface area contributed by atoms with Gasteiger partial charge in [-0.3, -0.25) is 0 Å². The summed E-state index contributed by atoms with van der Waals surface area (Å²) in [7, 11) is 0. The van der Waals surface area contributed by atoms with Crippen LogP contribution in [0.4, 0.5) is 0 Å². The molecular formula is C6H8Cl2. The van der Waals surface area contributed by atoms with Gasteiger partial charge in [-0.15, -0.1) is 0 Å². The fourth-order valence-electron chi connectivity index (χ4n) is 0.209. The number of rotatable bonds is 1. The van der Waals surface area contributed by atoms with Crippen LogP contribution in [0.1, 0.15) is 13.8 Å². The molecule has 8 heavy (non-hydrogen) atoms. The van der Waals surface area contributed by atoms with Gasteiger partial charge in [0, 0.05) is 10.6 Å². The molecule has 0 aromatic heterocycles. The maximum absolute atomic E-state index is 5.58. The van der Waals surface area contributed by atoms with Gasteiger partial charge in [0.15, 0.2) is 0 Å². The van der Waals surface area contributed by atoms with Gasteiger partial charge in [0.25, 0.3) is 0 Å². The summed E-state index contributed by atoms with van der Waals surface area (Å²) in [4.78, 5) is 0. The Kier molecular flexibility index (Phi) is 4.02. The summed E-state index contributed by atoms with van der Waals surface area (Å²) in [6, 6.07) is 0. The third-order valence-corrected chi connectivity index (χ3v) is 1.28. The van der Waals surface area contributed by atoms with Crippen molar-refractivity contribution in [3.8, 4) is 0 Å². The van der Waals surface area contributed by atoms with E-state index in [-0.39, 0.29) is 0 Å². The normalized spacial score (nSPS) is 14.5. The Morgan fingerprint density at radius 1 is 1.38 bits per heavy atom. The first-order chi connectivity index (χ1) is 3.68. The van der Waals surface area contributed by atoms with Gasteiger partial charge in [0.2, 0.25) is 0 Å². The van der Waals surface area contributed by atoms with E-state index in [1.54, 1.807) is 6.08 Å². The second kappa shape index (κ2) is 3.99. The molecule has 0 bridgehead atoms. The van der Waals surface area contributed by atoms with Crippen LogP contribution in [0.3, 0.4) is 0 Å².